The highest BCUT2D eigenvalue weighted by molar-refractivity contribution is 5.97. The van der Waals surface area contributed by atoms with E-state index in [0.717, 1.165) is 35.6 Å². The topological polar surface area (TPSA) is 52.7 Å². The van der Waals surface area contributed by atoms with E-state index in [1.807, 2.05) is 56.3 Å². The number of nitrogens with one attached hydrogen (secondary N) is 1. The molecule has 0 aliphatic carbocycles. The zero-order chi connectivity index (χ0) is 21.7. The van der Waals surface area contributed by atoms with Crippen LogP contribution in [0.2, 0.25) is 0 Å². The number of fused-ring (bicyclic) bond motifs is 1. The predicted octanol–water partition coefficient (Wildman–Crippen LogP) is 4.47. The Bertz CT molecular complexity index is 872. The number of hydrogen-bond donors (Lipinski definition) is 1. The monoisotopic (exact) mass is 407 g/mol. The molecule has 0 fully saturated rings. The van der Waals surface area contributed by atoms with Crippen molar-refractivity contribution in [3.05, 3.63) is 59.7 Å². The molecule has 0 saturated heterocycles. The zero-order valence-corrected chi connectivity index (χ0v) is 18.5. The maximum Gasteiger partial charge on any atom is 0.247 e. The number of anilines is 2. The molecule has 30 heavy (non-hydrogen) atoms. The van der Waals surface area contributed by atoms with Crippen LogP contribution in [0.5, 0.6) is 0 Å². The van der Waals surface area contributed by atoms with Gasteiger partial charge in [-0.1, -0.05) is 38.1 Å². The van der Waals surface area contributed by atoms with Crippen molar-refractivity contribution < 1.29 is 9.59 Å². The highest BCUT2D eigenvalue weighted by Gasteiger charge is 2.34. The van der Waals surface area contributed by atoms with Crippen molar-refractivity contribution >= 4 is 23.2 Å². The first kappa shape index (κ1) is 21.9. The molecule has 1 heterocycles. The number of hydrogen-bond acceptors (Lipinski definition) is 3. The molecular weight excluding hydrogens is 374 g/mol. The number of rotatable bonds is 7. The Hall–Kier alpha value is -2.82. The highest BCUT2D eigenvalue weighted by Crippen LogP contribution is 2.26. The molecule has 0 radical (unpaired) electrons. The second kappa shape index (κ2) is 9.79. The average Bonchev–Trinajstić information content (AvgIpc) is 2.74. The second-order valence-electron chi connectivity index (χ2n) is 8.32. The lowest BCUT2D eigenvalue weighted by molar-refractivity contribution is -0.140. The minimum absolute atomic E-state index is 0.0385. The zero-order valence-electron chi connectivity index (χ0n) is 18.5. The maximum absolute atomic E-state index is 13.2. The van der Waals surface area contributed by atoms with E-state index in [-0.39, 0.29) is 17.7 Å². The summed E-state index contributed by atoms with van der Waals surface area (Å²) in [7, 11) is 0. The van der Waals surface area contributed by atoms with Gasteiger partial charge in [0.2, 0.25) is 11.8 Å². The van der Waals surface area contributed by atoms with Crippen LogP contribution >= 0.6 is 0 Å². The Labute approximate surface area is 180 Å². The predicted molar refractivity (Wildman–Crippen MR) is 123 cm³/mol. The molecule has 3 rings (SSSR count). The Morgan fingerprint density at radius 1 is 1.03 bits per heavy atom. The Morgan fingerprint density at radius 2 is 1.67 bits per heavy atom. The fourth-order valence-corrected chi connectivity index (χ4v) is 4.06. The van der Waals surface area contributed by atoms with Gasteiger partial charge in [0, 0.05) is 43.9 Å². The molecule has 2 amide bonds. The smallest absolute Gasteiger partial charge is 0.247 e. The number of amides is 2. The van der Waals surface area contributed by atoms with Gasteiger partial charge in [-0.05, 0) is 55.2 Å². The summed E-state index contributed by atoms with van der Waals surface area (Å²) in [4.78, 5) is 30.1. The lowest BCUT2D eigenvalue weighted by Gasteiger charge is -2.36. The summed E-state index contributed by atoms with van der Waals surface area (Å²) < 4.78 is 0. The maximum atomic E-state index is 13.2. The highest BCUT2D eigenvalue weighted by atomic mass is 16.2. The Kier molecular flexibility index (Phi) is 7.14. The molecule has 1 unspecified atom stereocenters. The molecule has 2 aromatic rings. The second-order valence-corrected chi connectivity index (χ2v) is 8.32. The van der Waals surface area contributed by atoms with Crippen molar-refractivity contribution in [2.75, 3.05) is 23.3 Å². The summed E-state index contributed by atoms with van der Waals surface area (Å²) >= 11 is 0. The van der Waals surface area contributed by atoms with Crippen molar-refractivity contribution in [1.29, 1.82) is 0 Å². The first-order chi connectivity index (χ1) is 14.4. The van der Waals surface area contributed by atoms with Crippen LogP contribution in [0.4, 0.5) is 11.4 Å². The first-order valence-corrected chi connectivity index (χ1v) is 10.9. The summed E-state index contributed by atoms with van der Waals surface area (Å²) in [5, 5.41) is 3.03. The molecule has 1 aliphatic rings. The van der Waals surface area contributed by atoms with Crippen LogP contribution in [-0.2, 0) is 22.6 Å². The normalized spacial score (nSPS) is 15.6. The number of carbonyl (C=O) groups excluding carboxylic acids is 2. The van der Waals surface area contributed by atoms with Crippen molar-refractivity contribution in [2.45, 2.75) is 53.1 Å². The Morgan fingerprint density at radius 3 is 2.27 bits per heavy atom. The van der Waals surface area contributed by atoms with E-state index in [9.17, 15) is 9.59 Å². The summed E-state index contributed by atoms with van der Waals surface area (Å²) in [6.45, 7) is 10.7. The van der Waals surface area contributed by atoms with E-state index in [1.54, 1.807) is 4.90 Å². The average molecular weight is 408 g/mol. The summed E-state index contributed by atoms with van der Waals surface area (Å²) in [6.07, 6.45) is 0.994. The van der Waals surface area contributed by atoms with Gasteiger partial charge in [-0.15, -0.1) is 0 Å². The SMILES string of the molecule is CCN(CC)c1ccc(NC(=O)C2Cc3ccccc3CN2C(=O)CC(C)C)cc1. The quantitative estimate of drug-likeness (QED) is 0.737. The molecule has 1 N–H and O–H groups in total. The van der Waals surface area contributed by atoms with Gasteiger partial charge in [0.05, 0.1) is 0 Å². The third-order valence-corrected chi connectivity index (χ3v) is 5.72. The molecule has 0 spiro atoms. The van der Waals surface area contributed by atoms with Gasteiger partial charge < -0.3 is 15.1 Å². The standard InChI is InChI=1S/C25H33N3O2/c1-5-27(6-2)22-13-11-21(12-14-22)26-25(30)23-16-19-9-7-8-10-20(19)17-28(23)24(29)15-18(3)4/h7-14,18,23H,5-6,15-17H2,1-4H3,(H,26,30). The molecule has 1 aliphatic heterocycles. The first-order valence-electron chi connectivity index (χ1n) is 10.9. The van der Waals surface area contributed by atoms with E-state index in [2.05, 4.69) is 30.1 Å². The van der Waals surface area contributed by atoms with Crippen molar-refractivity contribution in [3.8, 4) is 0 Å². The minimum atomic E-state index is -0.492. The van der Waals surface area contributed by atoms with Crippen LogP contribution in [0, 0.1) is 5.92 Å². The number of benzene rings is 2. The molecular formula is C25H33N3O2. The van der Waals surface area contributed by atoms with Gasteiger partial charge in [-0.3, -0.25) is 9.59 Å². The number of carbonyl (C=O) groups is 2. The van der Waals surface area contributed by atoms with Crippen molar-refractivity contribution in [2.24, 2.45) is 5.92 Å². The van der Waals surface area contributed by atoms with Gasteiger partial charge in [-0.25, -0.2) is 0 Å². The lowest BCUT2D eigenvalue weighted by atomic mass is 9.92. The van der Waals surface area contributed by atoms with Crippen LogP contribution in [0.3, 0.4) is 0 Å². The largest absolute Gasteiger partial charge is 0.372 e. The van der Waals surface area contributed by atoms with Crippen LogP contribution in [0.1, 0.15) is 45.2 Å². The third kappa shape index (κ3) is 5.02. The van der Waals surface area contributed by atoms with Gasteiger partial charge in [0.25, 0.3) is 0 Å². The molecule has 2 aromatic carbocycles. The van der Waals surface area contributed by atoms with Gasteiger partial charge in [0.15, 0.2) is 0 Å². The molecule has 5 nitrogen and oxygen atoms in total. The van der Waals surface area contributed by atoms with E-state index >= 15 is 0 Å². The van der Waals surface area contributed by atoms with E-state index < -0.39 is 6.04 Å². The van der Waals surface area contributed by atoms with Crippen LogP contribution in [0.25, 0.3) is 0 Å². The molecule has 1 atom stereocenters. The third-order valence-electron chi connectivity index (χ3n) is 5.72. The Balaban J connectivity index is 1.78. The summed E-state index contributed by atoms with van der Waals surface area (Å²) in [5.74, 6) is 0.166. The van der Waals surface area contributed by atoms with E-state index in [0.29, 0.717) is 19.4 Å². The van der Waals surface area contributed by atoms with Gasteiger partial charge in [0.1, 0.15) is 6.04 Å². The molecule has 0 bridgehead atoms. The van der Waals surface area contributed by atoms with Gasteiger partial charge >= 0.3 is 0 Å². The number of nitrogens with zero attached hydrogens (tertiary/aromatic N) is 2. The fraction of sp³-hybridized carbons (Fsp3) is 0.440. The van der Waals surface area contributed by atoms with E-state index in [1.165, 1.54) is 0 Å². The molecule has 5 heteroatoms. The van der Waals surface area contributed by atoms with Gasteiger partial charge in [-0.2, -0.15) is 0 Å². The molecule has 0 aromatic heterocycles. The van der Waals surface area contributed by atoms with Crippen molar-refractivity contribution in [3.63, 3.8) is 0 Å². The molecule has 160 valence electrons. The fourth-order valence-electron chi connectivity index (χ4n) is 4.06. The van der Waals surface area contributed by atoms with Crippen LogP contribution in [-0.4, -0.2) is 35.8 Å². The lowest BCUT2D eigenvalue weighted by Crippen LogP contribution is -2.50. The minimum Gasteiger partial charge on any atom is -0.372 e. The summed E-state index contributed by atoms with van der Waals surface area (Å²) in [6, 6.07) is 15.5. The summed E-state index contributed by atoms with van der Waals surface area (Å²) in [5.41, 5.74) is 4.16. The van der Waals surface area contributed by atoms with Crippen LogP contribution in [0.15, 0.2) is 48.5 Å². The van der Waals surface area contributed by atoms with Crippen LogP contribution < -0.4 is 10.2 Å². The van der Waals surface area contributed by atoms with E-state index in [4.69, 9.17) is 0 Å². The van der Waals surface area contributed by atoms with Crippen molar-refractivity contribution in [1.82, 2.24) is 4.90 Å². The molecule has 0 saturated carbocycles.